The van der Waals surface area contributed by atoms with E-state index in [9.17, 15) is 14.7 Å². The van der Waals surface area contributed by atoms with Gasteiger partial charge < -0.3 is 15.7 Å². The van der Waals surface area contributed by atoms with Gasteiger partial charge in [-0.05, 0) is 30.3 Å². The highest BCUT2D eigenvalue weighted by Crippen LogP contribution is 2.31. The third-order valence-electron chi connectivity index (χ3n) is 6.25. The first-order valence-corrected chi connectivity index (χ1v) is 11.4. The van der Waals surface area contributed by atoms with Crippen LogP contribution in [-0.4, -0.2) is 69.8 Å². The van der Waals surface area contributed by atoms with E-state index in [2.05, 4.69) is 30.3 Å². The second kappa shape index (κ2) is 9.55. The van der Waals surface area contributed by atoms with Crippen LogP contribution in [0.5, 0.6) is 5.75 Å². The first-order chi connectivity index (χ1) is 17.0. The average Bonchev–Trinajstić information content (AvgIpc) is 2.86. The summed E-state index contributed by atoms with van der Waals surface area (Å²) in [6.07, 6.45) is 1.95. The minimum absolute atomic E-state index is 0.148. The molecule has 5 rings (SSSR count). The molecule has 0 bridgehead atoms. The Morgan fingerprint density at radius 1 is 1.00 bits per heavy atom. The van der Waals surface area contributed by atoms with Crippen molar-refractivity contribution < 1.29 is 14.7 Å². The van der Waals surface area contributed by atoms with Gasteiger partial charge in [0.2, 0.25) is 5.91 Å². The zero-order valence-corrected chi connectivity index (χ0v) is 19.1. The Labute approximate surface area is 202 Å². The van der Waals surface area contributed by atoms with E-state index in [0.717, 1.165) is 37.6 Å². The van der Waals surface area contributed by atoms with Crippen molar-refractivity contribution in [2.75, 3.05) is 48.3 Å². The van der Waals surface area contributed by atoms with Gasteiger partial charge in [0, 0.05) is 51.3 Å². The number of piperazine rings is 1. The molecule has 0 atom stereocenters. The van der Waals surface area contributed by atoms with Gasteiger partial charge in [0.15, 0.2) is 5.82 Å². The van der Waals surface area contributed by atoms with E-state index in [1.807, 2.05) is 24.3 Å². The van der Waals surface area contributed by atoms with E-state index >= 15 is 0 Å². The number of carbonyl (C=O) groups excluding carboxylic acids is 2. The second-order valence-electron chi connectivity index (χ2n) is 8.54. The number of nitrogens with two attached hydrogens (primary N) is 1. The molecule has 180 valence electrons. The second-order valence-corrected chi connectivity index (χ2v) is 8.54. The number of nitrogen functional groups attached to an aromatic ring is 1. The van der Waals surface area contributed by atoms with E-state index in [4.69, 9.17) is 5.73 Å². The molecule has 0 saturated carbocycles. The molecular weight excluding hydrogens is 448 g/mol. The predicted molar refractivity (Wildman–Crippen MR) is 131 cm³/mol. The molecule has 1 aromatic carbocycles. The summed E-state index contributed by atoms with van der Waals surface area (Å²) in [5.74, 6) is 0.252. The van der Waals surface area contributed by atoms with Crippen molar-refractivity contribution in [3.8, 4) is 17.0 Å². The monoisotopic (exact) mass is 474 g/mol. The smallest absolute Gasteiger partial charge is 0.328 e. The Bertz CT molecular complexity index is 1240. The van der Waals surface area contributed by atoms with Gasteiger partial charge in [-0.3, -0.25) is 24.9 Å². The number of hydrogen-bond acceptors (Lipinski definition) is 9. The highest BCUT2D eigenvalue weighted by atomic mass is 16.3. The zero-order valence-electron chi connectivity index (χ0n) is 19.1. The van der Waals surface area contributed by atoms with Crippen LogP contribution in [0.3, 0.4) is 0 Å². The van der Waals surface area contributed by atoms with Crippen LogP contribution in [0.25, 0.3) is 11.3 Å². The molecule has 35 heavy (non-hydrogen) atoms. The molecule has 2 fully saturated rings. The van der Waals surface area contributed by atoms with Gasteiger partial charge in [-0.25, -0.2) is 4.79 Å². The number of anilines is 3. The maximum atomic E-state index is 12.0. The number of aromatic nitrogens is 3. The van der Waals surface area contributed by atoms with E-state index in [0.29, 0.717) is 35.9 Å². The summed E-state index contributed by atoms with van der Waals surface area (Å²) in [4.78, 5) is 33.9. The summed E-state index contributed by atoms with van der Waals surface area (Å²) >= 11 is 0. The van der Waals surface area contributed by atoms with Gasteiger partial charge in [-0.2, -0.15) is 0 Å². The van der Waals surface area contributed by atoms with Crippen LogP contribution in [0.15, 0.2) is 48.7 Å². The van der Waals surface area contributed by atoms with Crippen LogP contribution in [0.4, 0.5) is 22.0 Å². The molecule has 3 amide bonds. The maximum absolute atomic E-state index is 12.0. The quantitative estimate of drug-likeness (QED) is 0.503. The third kappa shape index (κ3) is 4.85. The molecule has 0 aliphatic carbocycles. The first kappa shape index (κ1) is 22.5. The summed E-state index contributed by atoms with van der Waals surface area (Å²) in [5.41, 5.74) is 9.70. The van der Waals surface area contributed by atoms with Crippen LogP contribution >= 0.6 is 0 Å². The molecule has 4 N–H and O–H groups in total. The number of urea groups is 1. The van der Waals surface area contributed by atoms with Crippen LogP contribution in [0.2, 0.25) is 0 Å². The van der Waals surface area contributed by atoms with E-state index in [-0.39, 0.29) is 18.1 Å². The number of nitrogens with zero attached hydrogens (tertiary/aromatic N) is 6. The number of imide groups is 1. The Morgan fingerprint density at radius 3 is 2.51 bits per heavy atom. The van der Waals surface area contributed by atoms with E-state index < -0.39 is 6.03 Å². The number of aromatic hydroxyl groups is 1. The fourth-order valence-electron chi connectivity index (χ4n) is 4.32. The molecule has 0 spiro atoms. The normalized spacial score (nSPS) is 16.9. The van der Waals surface area contributed by atoms with Crippen molar-refractivity contribution in [1.29, 1.82) is 0 Å². The third-order valence-corrected chi connectivity index (χ3v) is 6.25. The molecule has 2 aliphatic heterocycles. The molecule has 2 saturated heterocycles. The van der Waals surface area contributed by atoms with Crippen molar-refractivity contribution in [2.45, 2.75) is 13.0 Å². The number of phenolic OH excluding ortho intramolecular Hbond substituents is 1. The lowest BCUT2D eigenvalue weighted by Crippen LogP contribution is -2.49. The van der Waals surface area contributed by atoms with Crippen LogP contribution < -0.4 is 20.9 Å². The lowest BCUT2D eigenvalue weighted by Gasteiger charge is -2.36. The minimum Gasteiger partial charge on any atom is -0.507 e. The Balaban J connectivity index is 1.20. The molecule has 11 nitrogen and oxygen atoms in total. The van der Waals surface area contributed by atoms with Crippen LogP contribution in [-0.2, 0) is 11.3 Å². The largest absolute Gasteiger partial charge is 0.507 e. The minimum atomic E-state index is -0.414. The van der Waals surface area contributed by atoms with Crippen molar-refractivity contribution in [3.05, 3.63) is 54.4 Å². The predicted octanol–water partition coefficient (Wildman–Crippen LogP) is 1.59. The number of rotatable bonds is 5. The summed E-state index contributed by atoms with van der Waals surface area (Å²) in [6.45, 7) is 4.19. The average molecular weight is 475 g/mol. The zero-order chi connectivity index (χ0) is 24.4. The van der Waals surface area contributed by atoms with Crippen LogP contribution in [0, 0.1) is 0 Å². The Morgan fingerprint density at radius 2 is 1.80 bits per heavy atom. The van der Waals surface area contributed by atoms with Gasteiger partial charge in [-0.15, -0.1) is 10.2 Å². The first-order valence-electron chi connectivity index (χ1n) is 11.4. The summed E-state index contributed by atoms with van der Waals surface area (Å²) in [6, 6.07) is 12.3. The lowest BCUT2D eigenvalue weighted by atomic mass is 10.1. The Hall–Kier alpha value is -4.25. The molecular formula is C24H26N8O3. The van der Waals surface area contributed by atoms with Gasteiger partial charge in [0.05, 0.1) is 29.0 Å². The number of carbonyl (C=O) groups is 2. The molecule has 0 radical (unpaired) electrons. The summed E-state index contributed by atoms with van der Waals surface area (Å²) in [5, 5.41) is 20.8. The highest BCUT2D eigenvalue weighted by Gasteiger charge is 2.25. The number of amides is 3. The van der Waals surface area contributed by atoms with Crippen molar-refractivity contribution >= 4 is 29.1 Å². The maximum Gasteiger partial charge on any atom is 0.328 e. The number of pyridine rings is 1. The highest BCUT2D eigenvalue weighted by molar-refractivity contribution is 6.05. The summed E-state index contributed by atoms with van der Waals surface area (Å²) < 4.78 is 0. The molecule has 2 aromatic heterocycles. The van der Waals surface area contributed by atoms with Crippen molar-refractivity contribution in [1.82, 2.24) is 25.4 Å². The molecule has 3 aromatic rings. The van der Waals surface area contributed by atoms with E-state index in [1.165, 1.54) is 4.90 Å². The number of para-hydroxylation sites is 1. The van der Waals surface area contributed by atoms with Gasteiger partial charge in [-0.1, -0.05) is 12.1 Å². The van der Waals surface area contributed by atoms with Crippen LogP contribution in [0.1, 0.15) is 12.1 Å². The standard InChI is InChI=1S/C24H26N8O3/c25-23-20(13-19(28-29-23)18-3-1-2-4-21(18)33)31-11-9-30(10-12-31)15-16-5-6-17(14-26-16)32-8-7-22(34)27-24(32)35/h1-6,13-14,33H,7-12,15H2,(H2,25,29)(H,27,34,35). The fraction of sp³-hybridized carbons (Fsp3) is 0.292. The number of nitrogens with one attached hydrogen (secondary N) is 1. The van der Waals surface area contributed by atoms with Crippen molar-refractivity contribution in [3.63, 3.8) is 0 Å². The van der Waals surface area contributed by atoms with Gasteiger partial charge in [0.25, 0.3) is 0 Å². The topological polar surface area (TPSA) is 141 Å². The van der Waals surface area contributed by atoms with Gasteiger partial charge in [0.1, 0.15) is 5.75 Å². The number of benzene rings is 1. The van der Waals surface area contributed by atoms with E-state index in [1.54, 1.807) is 24.4 Å². The molecule has 11 heteroatoms. The molecule has 0 unspecified atom stereocenters. The van der Waals surface area contributed by atoms with Gasteiger partial charge >= 0.3 is 6.03 Å². The number of hydrogen-bond donors (Lipinski definition) is 3. The number of phenols is 1. The lowest BCUT2D eigenvalue weighted by molar-refractivity contribution is -0.120. The fourth-order valence-corrected chi connectivity index (χ4v) is 4.32. The SMILES string of the molecule is Nc1nnc(-c2ccccc2O)cc1N1CCN(Cc2ccc(N3CCC(=O)NC3=O)cn2)CC1. The summed E-state index contributed by atoms with van der Waals surface area (Å²) in [7, 11) is 0. The Kier molecular flexibility index (Phi) is 6.15. The molecule has 2 aliphatic rings. The molecule has 4 heterocycles. The van der Waals surface area contributed by atoms with Crippen molar-refractivity contribution in [2.24, 2.45) is 0 Å².